The third-order valence-corrected chi connectivity index (χ3v) is 1.52. The Morgan fingerprint density at radius 2 is 1.73 bits per heavy atom. The summed E-state index contributed by atoms with van der Waals surface area (Å²) in [6.07, 6.45) is 0.429. The number of carbonyl (C=O) groups is 2. The third kappa shape index (κ3) is 3.51. The van der Waals surface area contributed by atoms with Crippen molar-refractivity contribution in [3.8, 4) is 0 Å². The Kier molecular flexibility index (Phi) is 3.45. The number of anilines is 1. The normalized spacial score (nSPS) is 10.8. The molecule has 0 aromatic heterocycles. The topological polar surface area (TPSA) is 86.6 Å². The van der Waals surface area contributed by atoms with Crippen LogP contribution in [0, 0.1) is 0 Å². The van der Waals surface area contributed by atoms with Gasteiger partial charge in [0.2, 0.25) is 0 Å². The van der Waals surface area contributed by atoms with Gasteiger partial charge < -0.3 is 15.5 Å². The molecule has 1 rings (SSSR count). The molecule has 0 aliphatic rings. The first-order valence-electron chi connectivity index (χ1n) is 4.09. The number of aliphatic hydroxyl groups is 1. The van der Waals surface area contributed by atoms with Gasteiger partial charge in [0.25, 0.3) is 5.91 Å². The molecule has 0 saturated heterocycles. The highest BCUT2D eigenvalue weighted by molar-refractivity contribution is 6.04. The highest BCUT2D eigenvalue weighted by atomic mass is 16.4. The van der Waals surface area contributed by atoms with Crippen molar-refractivity contribution < 1.29 is 19.8 Å². The number of nitrogens with one attached hydrogen (secondary N) is 1. The molecule has 0 heterocycles. The van der Waals surface area contributed by atoms with Crippen LogP contribution in [0.25, 0.3) is 0 Å². The molecule has 0 saturated carbocycles. The molecule has 0 bridgehead atoms. The lowest BCUT2D eigenvalue weighted by Gasteiger charge is -2.02. The van der Waals surface area contributed by atoms with Crippen molar-refractivity contribution in [2.45, 2.75) is 0 Å². The molecular formula is C10H9NO4. The van der Waals surface area contributed by atoms with Crippen molar-refractivity contribution in [2.75, 3.05) is 5.32 Å². The van der Waals surface area contributed by atoms with Crippen molar-refractivity contribution in [3.63, 3.8) is 0 Å². The van der Waals surface area contributed by atoms with Crippen LogP contribution >= 0.6 is 0 Å². The van der Waals surface area contributed by atoms with Crippen LogP contribution in [0.3, 0.4) is 0 Å². The summed E-state index contributed by atoms with van der Waals surface area (Å²) >= 11 is 0. The molecule has 0 radical (unpaired) electrons. The Balaban J connectivity index is 2.68. The predicted octanol–water partition coefficient (Wildman–Crippen LogP) is 1.15. The number of aliphatic hydroxyl groups excluding tert-OH is 1. The second-order valence-electron chi connectivity index (χ2n) is 2.69. The van der Waals surface area contributed by atoms with E-state index in [4.69, 9.17) is 10.2 Å². The molecule has 15 heavy (non-hydrogen) atoms. The number of para-hydroxylation sites is 1. The van der Waals surface area contributed by atoms with Crippen LogP contribution in [0.4, 0.5) is 5.69 Å². The molecule has 0 atom stereocenters. The Morgan fingerprint density at radius 3 is 2.27 bits per heavy atom. The third-order valence-electron chi connectivity index (χ3n) is 1.52. The highest BCUT2D eigenvalue weighted by Gasteiger charge is 2.08. The van der Waals surface area contributed by atoms with Crippen molar-refractivity contribution in [3.05, 3.63) is 42.2 Å². The Labute approximate surface area is 85.7 Å². The fourth-order valence-electron chi connectivity index (χ4n) is 0.899. The number of hydrogen-bond donors (Lipinski definition) is 3. The molecule has 5 heteroatoms. The van der Waals surface area contributed by atoms with Crippen LogP contribution < -0.4 is 5.32 Å². The van der Waals surface area contributed by atoms with Crippen molar-refractivity contribution in [1.29, 1.82) is 0 Å². The monoisotopic (exact) mass is 207 g/mol. The second-order valence-corrected chi connectivity index (χ2v) is 2.69. The van der Waals surface area contributed by atoms with E-state index < -0.39 is 17.6 Å². The van der Waals surface area contributed by atoms with Gasteiger partial charge in [0.1, 0.15) is 0 Å². The summed E-state index contributed by atoms with van der Waals surface area (Å²) in [7, 11) is 0. The number of carbonyl (C=O) groups excluding carboxylic acids is 1. The summed E-state index contributed by atoms with van der Waals surface area (Å²) in [6, 6.07) is 8.40. The smallest absolute Gasteiger partial charge is 0.332 e. The maximum Gasteiger partial charge on any atom is 0.332 e. The maximum atomic E-state index is 11.2. The lowest BCUT2D eigenvalue weighted by atomic mass is 10.3. The van der Waals surface area contributed by atoms with E-state index in [0.717, 1.165) is 0 Å². The summed E-state index contributed by atoms with van der Waals surface area (Å²) in [4.78, 5) is 21.3. The van der Waals surface area contributed by atoms with E-state index in [1.54, 1.807) is 30.3 Å². The van der Waals surface area contributed by atoms with E-state index >= 15 is 0 Å². The molecule has 1 aromatic carbocycles. The number of rotatable bonds is 3. The standard InChI is InChI=1S/C10H9NO4/c12-8(6-9(13)14)10(15)11-7-4-2-1-3-5-7/h1-6,12H,(H,11,15)(H,13,14)/b8-6-. The Hall–Kier alpha value is -2.30. The van der Waals surface area contributed by atoms with Crippen LogP contribution in [0.15, 0.2) is 42.2 Å². The molecule has 5 nitrogen and oxygen atoms in total. The summed E-state index contributed by atoms with van der Waals surface area (Å²) in [6.45, 7) is 0. The highest BCUT2D eigenvalue weighted by Crippen LogP contribution is 2.06. The van der Waals surface area contributed by atoms with Crippen molar-refractivity contribution >= 4 is 17.6 Å². The van der Waals surface area contributed by atoms with E-state index in [9.17, 15) is 9.59 Å². The van der Waals surface area contributed by atoms with Gasteiger partial charge in [0, 0.05) is 5.69 Å². The Morgan fingerprint density at radius 1 is 1.13 bits per heavy atom. The molecule has 1 amide bonds. The number of carboxylic acids is 1. The summed E-state index contributed by atoms with van der Waals surface area (Å²) in [5, 5.41) is 19.6. The van der Waals surface area contributed by atoms with Gasteiger partial charge in [0.05, 0.1) is 6.08 Å². The van der Waals surface area contributed by atoms with Crippen molar-refractivity contribution in [1.82, 2.24) is 0 Å². The van der Waals surface area contributed by atoms with Crippen molar-refractivity contribution in [2.24, 2.45) is 0 Å². The molecule has 0 aliphatic heterocycles. The average Bonchev–Trinajstić information content (AvgIpc) is 2.18. The van der Waals surface area contributed by atoms with Gasteiger partial charge in [-0.2, -0.15) is 0 Å². The molecule has 0 unspecified atom stereocenters. The fraction of sp³-hybridized carbons (Fsp3) is 0. The quantitative estimate of drug-likeness (QED) is 0.512. The van der Waals surface area contributed by atoms with E-state index in [0.29, 0.717) is 11.8 Å². The van der Waals surface area contributed by atoms with Gasteiger partial charge in [-0.05, 0) is 12.1 Å². The molecule has 0 aliphatic carbocycles. The summed E-state index contributed by atoms with van der Waals surface area (Å²) in [5.41, 5.74) is 0.479. The minimum atomic E-state index is -1.38. The maximum absolute atomic E-state index is 11.2. The van der Waals surface area contributed by atoms with E-state index in [2.05, 4.69) is 5.32 Å². The van der Waals surface area contributed by atoms with Gasteiger partial charge in [-0.3, -0.25) is 4.79 Å². The zero-order valence-corrected chi connectivity index (χ0v) is 7.68. The fourth-order valence-corrected chi connectivity index (χ4v) is 0.899. The first kappa shape index (κ1) is 10.8. The number of hydrogen-bond acceptors (Lipinski definition) is 3. The number of benzene rings is 1. The molecule has 0 spiro atoms. The minimum absolute atomic E-state index is 0.429. The molecule has 3 N–H and O–H groups in total. The molecule has 1 aromatic rings. The van der Waals surface area contributed by atoms with Gasteiger partial charge in [-0.15, -0.1) is 0 Å². The lowest BCUT2D eigenvalue weighted by Crippen LogP contribution is -2.15. The zero-order valence-electron chi connectivity index (χ0n) is 7.68. The predicted molar refractivity (Wildman–Crippen MR) is 53.4 cm³/mol. The summed E-state index contributed by atoms with van der Waals surface area (Å²) in [5.74, 6) is -3.08. The molecule has 78 valence electrons. The largest absolute Gasteiger partial charge is 0.503 e. The van der Waals surface area contributed by atoms with Gasteiger partial charge in [-0.1, -0.05) is 18.2 Å². The molecule has 0 fully saturated rings. The lowest BCUT2D eigenvalue weighted by molar-refractivity contribution is -0.132. The van der Waals surface area contributed by atoms with Crippen LogP contribution in [0.1, 0.15) is 0 Å². The SMILES string of the molecule is O=C(O)/C=C(\O)C(=O)Nc1ccccc1. The first-order chi connectivity index (χ1) is 7.09. The molecular weight excluding hydrogens is 198 g/mol. The van der Waals surface area contributed by atoms with Gasteiger partial charge in [0.15, 0.2) is 5.76 Å². The van der Waals surface area contributed by atoms with Gasteiger partial charge >= 0.3 is 5.97 Å². The minimum Gasteiger partial charge on any atom is -0.503 e. The van der Waals surface area contributed by atoms with Crippen LogP contribution in [-0.4, -0.2) is 22.1 Å². The average molecular weight is 207 g/mol. The number of carboxylic acid groups (broad SMARTS) is 1. The number of aliphatic carboxylic acids is 1. The second kappa shape index (κ2) is 4.80. The van der Waals surface area contributed by atoms with E-state index in [1.807, 2.05) is 0 Å². The Bertz CT molecular complexity index is 397. The zero-order chi connectivity index (χ0) is 11.3. The van der Waals surface area contributed by atoms with Crippen LogP contribution in [-0.2, 0) is 9.59 Å². The van der Waals surface area contributed by atoms with Crippen LogP contribution in [0.5, 0.6) is 0 Å². The number of amides is 1. The van der Waals surface area contributed by atoms with Crippen LogP contribution in [0.2, 0.25) is 0 Å². The first-order valence-corrected chi connectivity index (χ1v) is 4.09. The summed E-state index contributed by atoms with van der Waals surface area (Å²) < 4.78 is 0. The van der Waals surface area contributed by atoms with E-state index in [1.165, 1.54) is 0 Å². The van der Waals surface area contributed by atoms with Gasteiger partial charge in [-0.25, -0.2) is 4.79 Å². The van der Waals surface area contributed by atoms with E-state index in [-0.39, 0.29) is 0 Å².